The third kappa shape index (κ3) is 5.05. The molecular weight excluding hydrogens is 472 g/mol. The van der Waals surface area contributed by atoms with Gasteiger partial charge in [-0.25, -0.2) is 0 Å². The zero-order valence-electron chi connectivity index (χ0n) is 18.9. The van der Waals surface area contributed by atoms with Gasteiger partial charge in [-0.05, 0) is 62.8 Å². The minimum atomic E-state index is -0.668. The zero-order chi connectivity index (χ0) is 23.4. The van der Waals surface area contributed by atoms with Crippen molar-refractivity contribution < 1.29 is 19.4 Å². The first-order chi connectivity index (χ1) is 15.2. The Morgan fingerprint density at radius 1 is 1.16 bits per heavy atom. The van der Waals surface area contributed by atoms with Crippen LogP contribution in [0, 0.1) is 6.92 Å². The van der Waals surface area contributed by atoms with Gasteiger partial charge < -0.3 is 19.6 Å². The van der Waals surface area contributed by atoms with Gasteiger partial charge in [0, 0.05) is 23.1 Å². The molecule has 0 spiro atoms. The lowest BCUT2D eigenvalue weighted by molar-refractivity contribution is -0.140. The number of hydrogen-bond acceptors (Lipinski definition) is 5. The average molecular weight is 501 g/mol. The molecule has 0 radical (unpaired) electrons. The summed E-state index contributed by atoms with van der Waals surface area (Å²) < 4.78 is 6.57. The molecule has 0 aliphatic carbocycles. The number of amides is 1. The molecule has 1 N–H and O–H groups in total. The highest BCUT2D eigenvalue weighted by molar-refractivity contribution is 9.10. The van der Waals surface area contributed by atoms with Crippen LogP contribution < -0.4 is 4.74 Å². The van der Waals surface area contributed by atoms with E-state index in [0.29, 0.717) is 25.3 Å². The van der Waals surface area contributed by atoms with Crippen LogP contribution in [-0.2, 0) is 9.59 Å². The summed E-state index contributed by atoms with van der Waals surface area (Å²) in [7, 11) is 3.83. The fraction of sp³-hybridized carbons (Fsp3) is 0.360. The molecule has 0 saturated carbocycles. The molecule has 3 rings (SSSR count). The van der Waals surface area contributed by atoms with Gasteiger partial charge in [0.05, 0.1) is 18.2 Å². The summed E-state index contributed by atoms with van der Waals surface area (Å²) in [6.07, 6.45) is 0.902. The van der Waals surface area contributed by atoms with E-state index in [4.69, 9.17) is 4.74 Å². The Hall–Kier alpha value is -2.64. The van der Waals surface area contributed by atoms with E-state index in [1.165, 1.54) is 0 Å². The summed E-state index contributed by atoms with van der Waals surface area (Å²) in [4.78, 5) is 29.5. The number of aryl methyl sites for hydroxylation is 1. The number of carbonyl (C=O) groups is 2. The van der Waals surface area contributed by atoms with E-state index in [1.54, 1.807) is 17.0 Å². The third-order valence-corrected chi connectivity index (χ3v) is 6.32. The van der Waals surface area contributed by atoms with Crippen LogP contribution in [0.4, 0.5) is 0 Å². The van der Waals surface area contributed by atoms with E-state index in [9.17, 15) is 14.7 Å². The number of Topliss-reactive ketones (excluding diaryl/α,β-unsaturated/α-hetero) is 1. The maximum atomic E-state index is 13.1. The van der Waals surface area contributed by atoms with Crippen molar-refractivity contribution in [3.63, 3.8) is 0 Å². The van der Waals surface area contributed by atoms with Gasteiger partial charge in [0.25, 0.3) is 11.7 Å². The summed E-state index contributed by atoms with van der Waals surface area (Å²) in [6, 6.07) is 12.1. The standard InChI is InChI=1S/C25H29BrN2O4/c1-5-14-32-19-9-6-17(7-10-19)22-21(23(29)18-8-11-20(26)16(2)15-18)24(30)25(31)28(22)13-12-27(3)4/h6-11,15,22,29H,5,12-14H2,1-4H3/b23-21-. The van der Waals surface area contributed by atoms with Crippen LogP contribution in [0.25, 0.3) is 5.76 Å². The lowest BCUT2D eigenvalue weighted by Gasteiger charge is -2.26. The molecule has 1 aliphatic rings. The molecule has 2 aromatic carbocycles. The highest BCUT2D eigenvalue weighted by Gasteiger charge is 2.45. The van der Waals surface area contributed by atoms with Crippen molar-refractivity contribution in [1.82, 2.24) is 9.80 Å². The summed E-state index contributed by atoms with van der Waals surface area (Å²) in [5.41, 5.74) is 2.29. The number of likely N-dealkylation sites (N-methyl/N-ethyl adjacent to an activating group) is 1. The number of likely N-dealkylation sites (tertiary alicyclic amines) is 1. The van der Waals surface area contributed by atoms with E-state index in [0.717, 1.165) is 27.8 Å². The molecular formula is C25H29BrN2O4. The van der Waals surface area contributed by atoms with Gasteiger partial charge in [-0.2, -0.15) is 0 Å². The summed E-state index contributed by atoms with van der Waals surface area (Å²) in [5.74, 6) is -0.705. The fourth-order valence-electron chi connectivity index (χ4n) is 3.68. The summed E-state index contributed by atoms with van der Waals surface area (Å²) in [5, 5.41) is 11.2. The van der Waals surface area contributed by atoms with Crippen LogP contribution in [0.5, 0.6) is 5.75 Å². The molecule has 1 aliphatic heterocycles. The van der Waals surface area contributed by atoms with Gasteiger partial charge >= 0.3 is 0 Å². The molecule has 1 atom stereocenters. The summed E-state index contributed by atoms with van der Waals surface area (Å²) in [6.45, 7) is 5.52. The van der Waals surface area contributed by atoms with E-state index >= 15 is 0 Å². The van der Waals surface area contributed by atoms with Crippen LogP contribution in [0.3, 0.4) is 0 Å². The smallest absolute Gasteiger partial charge is 0.295 e. The number of rotatable bonds is 8. The number of halogens is 1. The van der Waals surface area contributed by atoms with Crippen LogP contribution in [0.1, 0.15) is 36.1 Å². The lowest BCUT2D eigenvalue weighted by Crippen LogP contribution is -2.35. The topological polar surface area (TPSA) is 70.1 Å². The third-order valence-electron chi connectivity index (χ3n) is 5.43. The van der Waals surface area contributed by atoms with Crippen LogP contribution >= 0.6 is 15.9 Å². The Balaban J connectivity index is 2.09. The van der Waals surface area contributed by atoms with Crippen molar-refractivity contribution in [2.24, 2.45) is 0 Å². The quantitative estimate of drug-likeness (QED) is 0.327. The molecule has 1 amide bonds. The van der Waals surface area contributed by atoms with Gasteiger partial charge in [0.15, 0.2) is 0 Å². The Morgan fingerprint density at radius 3 is 2.44 bits per heavy atom. The van der Waals surface area contributed by atoms with Gasteiger partial charge in [0.1, 0.15) is 11.5 Å². The van der Waals surface area contributed by atoms with Gasteiger partial charge in [-0.15, -0.1) is 0 Å². The Bertz CT molecular complexity index is 1030. The van der Waals surface area contributed by atoms with Crippen molar-refractivity contribution in [2.75, 3.05) is 33.8 Å². The minimum Gasteiger partial charge on any atom is -0.507 e. The van der Waals surface area contributed by atoms with Crippen molar-refractivity contribution in [2.45, 2.75) is 26.3 Å². The molecule has 1 fully saturated rings. The van der Waals surface area contributed by atoms with Crippen molar-refractivity contribution >= 4 is 33.4 Å². The second kappa shape index (κ2) is 10.3. The molecule has 7 heteroatoms. The van der Waals surface area contributed by atoms with E-state index in [-0.39, 0.29) is 11.3 Å². The highest BCUT2D eigenvalue weighted by atomic mass is 79.9. The second-order valence-electron chi connectivity index (χ2n) is 8.18. The van der Waals surface area contributed by atoms with Gasteiger partial charge in [-0.3, -0.25) is 9.59 Å². The van der Waals surface area contributed by atoms with Crippen LogP contribution in [0.15, 0.2) is 52.5 Å². The zero-order valence-corrected chi connectivity index (χ0v) is 20.5. The van der Waals surface area contributed by atoms with E-state index in [2.05, 4.69) is 15.9 Å². The first-order valence-electron chi connectivity index (χ1n) is 10.7. The molecule has 32 heavy (non-hydrogen) atoms. The molecule has 170 valence electrons. The normalized spacial score (nSPS) is 17.9. The van der Waals surface area contributed by atoms with E-state index in [1.807, 2.05) is 63.2 Å². The number of ether oxygens (including phenoxy) is 1. The molecule has 6 nitrogen and oxygen atoms in total. The average Bonchev–Trinajstić information content (AvgIpc) is 3.02. The predicted octanol–water partition coefficient (Wildman–Crippen LogP) is 4.53. The monoisotopic (exact) mass is 500 g/mol. The Kier molecular flexibility index (Phi) is 7.74. The van der Waals surface area contributed by atoms with E-state index < -0.39 is 17.7 Å². The number of nitrogens with zero attached hydrogens (tertiary/aromatic N) is 2. The fourth-order valence-corrected chi connectivity index (χ4v) is 3.93. The molecule has 1 saturated heterocycles. The first kappa shape index (κ1) is 24.0. The number of aliphatic hydroxyl groups is 1. The Labute approximate surface area is 197 Å². The maximum absolute atomic E-state index is 13.1. The van der Waals surface area contributed by atoms with Gasteiger partial charge in [-0.1, -0.05) is 41.1 Å². The number of benzene rings is 2. The van der Waals surface area contributed by atoms with Crippen molar-refractivity contribution in [1.29, 1.82) is 0 Å². The molecule has 0 aromatic heterocycles. The lowest BCUT2D eigenvalue weighted by atomic mass is 9.95. The highest BCUT2D eigenvalue weighted by Crippen LogP contribution is 2.40. The SMILES string of the molecule is CCCOc1ccc(C2/C(=C(/O)c3ccc(Br)c(C)c3)C(=O)C(=O)N2CCN(C)C)cc1. The molecule has 1 heterocycles. The van der Waals surface area contributed by atoms with Crippen molar-refractivity contribution in [3.05, 3.63) is 69.2 Å². The number of hydrogen-bond donors (Lipinski definition) is 1. The first-order valence-corrected chi connectivity index (χ1v) is 11.5. The molecule has 2 aromatic rings. The van der Waals surface area contributed by atoms with Crippen LogP contribution in [-0.4, -0.2) is 60.4 Å². The minimum absolute atomic E-state index is 0.109. The number of ketones is 1. The molecule has 0 bridgehead atoms. The van der Waals surface area contributed by atoms with Crippen LogP contribution in [0.2, 0.25) is 0 Å². The maximum Gasteiger partial charge on any atom is 0.295 e. The number of carbonyl (C=O) groups excluding carboxylic acids is 2. The number of aliphatic hydroxyl groups excluding tert-OH is 1. The molecule has 1 unspecified atom stereocenters. The van der Waals surface area contributed by atoms with Gasteiger partial charge in [0.2, 0.25) is 0 Å². The summed E-state index contributed by atoms with van der Waals surface area (Å²) >= 11 is 3.46. The largest absolute Gasteiger partial charge is 0.507 e. The Morgan fingerprint density at radius 2 is 1.84 bits per heavy atom. The van der Waals surface area contributed by atoms with Crippen molar-refractivity contribution in [3.8, 4) is 5.75 Å². The predicted molar refractivity (Wildman–Crippen MR) is 129 cm³/mol. The second-order valence-corrected chi connectivity index (χ2v) is 9.03.